The predicted molar refractivity (Wildman–Crippen MR) is 89.7 cm³/mol. The van der Waals surface area contributed by atoms with Crippen molar-refractivity contribution < 1.29 is 22.4 Å². The number of benzene rings is 1. The Balaban J connectivity index is 2.28. The number of hydrogen-bond acceptors (Lipinski definition) is 4. The summed E-state index contributed by atoms with van der Waals surface area (Å²) < 4.78 is 36.9. The number of nitrogens with zero attached hydrogens (tertiary/aromatic N) is 2. The first kappa shape index (κ1) is 19.3. The fraction of sp³-hybridized carbons (Fsp3) is 0.500. The lowest BCUT2D eigenvalue weighted by atomic mass is 10.1. The molecule has 1 aliphatic rings. The van der Waals surface area contributed by atoms with Gasteiger partial charge in [-0.15, -0.1) is 0 Å². The summed E-state index contributed by atoms with van der Waals surface area (Å²) in [5.41, 5.74) is -0.413. The van der Waals surface area contributed by atoms with Crippen molar-refractivity contribution in [3.05, 3.63) is 29.6 Å². The molecule has 0 aliphatic carbocycles. The molecule has 1 aliphatic heterocycles. The zero-order chi connectivity index (χ0) is 18.9. The molecule has 2 amide bonds. The van der Waals surface area contributed by atoms with E-state index in [1.807, 2.05) is 13.8 Å². The minimum absolute atomic E-state index is 0.212. The maximum Gasteiger partial charge on any atom is 0.257 e. The molecule has 1 saturated heterocycles. The van der Waals surface area contributed by atoms with Crippen molar-refractivity contribution in [1.29, 1.82) is 0 Å². The minimum Gasteiger partial charge on any atom is -0.339 e. The molecular formula is C16H22FN3O4S. The van der Waals surface area contributed by atoms with Gasteiger partial charge in [-0.2, -0.15) is 0 Å². The van der Waals surface area contributed by atoms with Crippen LogP contribution in [-0.4, -0.2) is 55.7 Å². The van der Waals surface area contributed by atoms with Crippen molar-refractivity contribution in [2.75, 3.05) is 19.6 Å². The first-order valence-electron chi connectivity index (χ1n) is 7.94. The van der Waals surface area contributed by atoms with Crippen LogP contribution < -0.4 is 5.14 Å². The Morgan fingerprint density at radius 1 is 1.36 bits per heavy atom. The molecule has 0 spiro atoms. The van der Waals surface area contributed by atoms with Crippen molar-refractivity contribution in [2.24, 2.45) is 11.1 Å². The van der Waals surface area contributed by atoms with E-state index in [0.29, 0.717) is 19.0 Å². The second-order valence-corrected chi connectivity index (χ2v) is 8.10. The van der Waals surface area contributed by atoms with Crippen LogP contribution in [0, 0.1) is 11.7 Å². The summed E-state index contributed by atoms with van der Waals surface area (Å²) in [6, 6.07) is 2.04. The quantitative estimate of drug-likeness (QED) is 0.846. The maximum absolute atomic E-state index is 14.1. The lowest BCUT2D eigenvalue weighted by Gasteiger charge is -2.39. The summed E-state index contributed by atoms with van der Waals surface area (Å²) in [5, 5.41) is 5.03. The van der Waals surface area contributed by atoms with E-state index in [9.17, 15) is 22.4 Å². The van der Waals surface area contributed by atoms with E-state index >= 15 is 0 Å². The Hall–Kier alpha value is -2.00. The summed E-state index contributed by atoms with van der Waals surface area (Å²) in [7, 11) is -4.07. The van der Waals surface area contributed by atoms with Gasteiger partial charge in [-0.25, -0.2) is 17.9 Å². The van der Waals surface area contributed by atoms with Gasteiger partial charge in [-0.3, -0.25) is 9.59 Å². The van der Waals surface area contributed by atoms with Gasteiger partial charge >= 0.3 is 0 Å². The largest absolute Gasteiger partial charge is 0.339 e. The van der Waals surface area contributed by atoms with Crippen molar-refractivity contribution in [3.8, 4) is 0 Å². The Labute approximate surface area is 146 Å². The Kier molecular flexibility index (Phi) is 5.48. The third-order valence-corrected chi connectivity index (χ3v) is 5.00. The number of halogens is 1. The van der Waals surface area contributed by atoms with Gasteiger partial charge in [-0.05, 0) is 31.0 Å². The zero-order valence-corrected chi connectivity index (χ0v) is 15.2. The van der Waals surface area contributed by atoms with Crippen LogP contribution in [0.1, 0.15) is 31.1 Å². The highest BCUT2D eigenvalue weighted by molar-refractivity contribution is 7.89. The first-order valence-corrected chi connectivity index (χ1v) is 9.49. The van der Waals surface area contributed by atoms with Crippen molar-refractivity contribution in [1.82, 2.24) is 9.80 Å². The molecule has 0 bridgehead atoms. The number of amides is 2. The SMILES string of the molecule is CC(C)CN1CCN(C(=O)c2cc(S(N)(=O)=O)ccc2F)[C@H](C)C1=O. The summed E-state index contributed by atoms with van der Waals surface area (Å²) in [6.07, 6.45) is 0. The second kappa shape index (κ2) is 7.09. The summed E-state index contributed by atoms with van der Waals surface area (Å²) in [6.45, 7) is 6.74. The fourth-order valence-corrected chi connectivity index (χ4v) is 3.37. The molecule has 1 fully saturated rings. The molecule has 0 aromatic heterocycles. The lowest BCUT2D eigenvalue weighted by Crippen LogP contribution is -2.58. The van der Waals surface area contributed by atoms with E-state index in [-0.39, 0.29) is 17.3 Å². The van der Waals surface area contributed by atoms with E-state index in [0.717, 1.165) is 18.2 Å². The van der Waals surface area contributed by atoms with Gasteiger partial charge < -0.3 is 9.80 Å². The smallest absolute Gasteiger partial charge is 0.257 e. The number of carbonyl (C=O) groups is 2. The Bertz CT molecular complexity index is 795. The third kappa shape index (κ3) is 4.16. The van der Waals surface area contributed by atoms with Crippen molar-refractivity contribution >= 4 is 21.8 Å². The number of piperazine rings is 1. The van der Waals surface area contributed by atoms with Crippen LogP contribution in [0.2, 0.25) is 0 Å². The maximum atomic E-state index is 14.1. The number of sulfonamides is 1. The van der Waals surface area contributed by atoms with Crippen LogP contribution in [0.3, 0.4) is 0 Å². The Morgan fingerprint density at radius 2 is 2.00 bits per heavy atom. The van der Waals surface area contributed by atoms with Crippen LogP contribution in [0.25, 0.3) is 0 Å². The number of rotatable bonds is 4. The molecule has 138 valence electrons. The lowest BCUT2D eigenvalue weighted by molar-refractivity contribution is -0.140. The van der Waals surface area contributed by atoms with Crippen LogP contribution in [0.15, 0.2) is 23.1 Å². The molecule has 9 heteroatoms. The molecule has 0 radical (unpaired) electrons. The monoisotopic (exact) mass is 371 g/mol. The van der Waals surface area contributed by atoms with Crippen LogP contribution >= 0.6 is 0 Å². The molecule has 1 aromatic rings. The molecule has 2 rings (SSSR count). The summed E-state index contributed by atoms with van der Waals surface area (Å²) >= 11 is 0. The standard InChI is InChI=1S/C16H22FN3O4S/c1-10(2)9-19-6-7-20(11(3)15(19)21)16(22)13-8-12(25(18,23)24)4-5-14(13)17/h4-5,8,10-11H,6-7,9H2,1-3H3,(H2,18,23,24)/t11-/m1/s1. The molecule has 25 heavy (non-hydrogen) atoms. The Morgan fingerprint density at radius 3 is 2.56 bits per heavy atom. The van der Waals surface area contributed by atoms with Crippen molar-refractivity contribution in [3.63, 3.8) is 0 Å². The van der Waals surface area contributed by atoms with Crippen LogP contribution in [0.4, 0.5) is 4.39 Å². The number of carbonyl (C=O) groups excluding carboxylic acids is 2. The second-order valence-electron chi connectivity index (χ2n) is 6.54. The number of primary sulfonamides is 1. The van der Waals surface area contributed by atoms with Gasteiger partial charge in [0.1, 0.15) is 11.9 Å². The molecule has 0 saturated carbocycles. The fourth-order valence-electron chi connectivity index (χ4n) is 2.83. The van der Waals surface area contributed by atoms with Crippen LogP contribution in [0.5, 0.6) is 0 Å². The van der Waals surface area contributed by atoms with Gasteiger partial charge in [-0.1, -0.05) is 13.8 Å². The van der Waals surface area contributed by atoms with Gasteiger partial charge in [0, 0.05) is 19.6 Å². The molecule has 0 unspecified atom stereocenters. The molecule has 2 N–H and O–H groups in total. The molecule has 7 nitrogen and oxygen atoms in total. The normalized spacial score (nSPS) is 18.8. The van der Waals surface area contributed by atoms with E-state index in [1.165, 1.54) is 4.90 Å². The summed E-state index contributed by atoms with van der Waals surface area (Å²) in [4.78, 5) is 27.7. The number of hydrogen-bond donors (Lipinski definition) is 1. The van der Waals surface area contributed by atoms with E-state index in [4.69, 9.17) is 5.14 Å². The van der Waals surface area contributed by atoms with Gasteiger partial charge in [0.05, 0.1) is 10.5 Å². The highest BCUT2D eigenvalue weighted by Crippen LogP contribution is 2.20. The van der Waals surface area contributed by atoms with Gasteiger partial charge in [0.2, 0.25) is 15.9 Å². The highest BCUT2D eigenvalue weighted by atomic mass is 32.2. The average molecular weight is 371 g/mol. The summed E-state index contributed by atoms with van der Waals surface area (Å²) in [5.74, 6) is -1.51. The molecule has 1 aromatic carbocycles. The van der Waals surface area contributed by atoms with Crippen molar-refractivity contribution in [2.45, 2.75) is 31.7 Å². The van der Waals surface area contributed by atoms with Gasteiger partial charge in [0.25, 0.3) is 5.91 Å². The van der Waals surface area contributed by atoms with Crippen LogP contribution in [-0.2, 0) is 14.8 Å². The average Bonchev–Trinajstić information content (AvgIpc) is 2.50. The van der Waals surface area contributed by atoms with E-state index < -0.39 is 33.4 Å². The molecular weight excluding hydrogens is 349 g/mol. The predicted octanol–water partition coefficient (Wildman–Crippen LogP) is 0.802. The third-order valence-electron chi connectivity index (χ3n) is 4.09. The van der Waals surface area contributed by atoms with E-state index in [1.54, 1.807) is 11.8 Å². The topological polar surface area (TPSA) is 101 Å². The molecule has 1 atom stereocenters. The van der Waals surface area contributed by atoms with E-state index in [2.05, 4.69) is 0 Å². The first-order chi connectivity index (χ1) is 11.5. The highest BCUT2D eigenvalue weighted by Gasteiger charge is 2.35. The molecule has 1 heterocycles. The minimum atomic E-state index is -4.07. The number of nitrogens with two attached hydrogens (primary N) is 1. The van der Waals surface area contributed by atoms with Gasteiger partial charge in [0.15, 0.2) is 0 Å². The zero-order valence-electron chi connectivity index (χ0n) is 14.4.